The molecule has 0 unspecified atom stereocenters. The van der Waals surface area contributed by atoms with Crippen LogP contribution >= 0.6 is 0 Å². The Hall–Kier alpha value is -13.4. The van der Waals surface area contributed by atoms with Gasteiger partial charge < -0.3 is 14.7 Å². The number of fused-ring (bicyclic) bond motifs is 4. The largest absolute Gasteiger partial charge is 0.311 e. The molecule has 2 heterocycles. The van der Waals surface area contributed by atoms with Gasteiger partial charge in [0.2, 0.25) is 0 Å². The van der Waals surface area contributed by atoms with E-state index in [-0.39, 0.29) is 6.71 Å². The van der Waals surface area contributed by atoms with Crippen LogP contribution in [0.5, 0.6) is 0 Å². The number of nitrogens with zero attached hydrogens (tertiary/aromatic N) is 3. The smallest absolute Gasteiger partial charge is 0.252 e. The highest BCUT2D eigenvalue weighted by Gasteiger charge is 2.48. The fraction of sp³-hybridized carbons (Fsp3) is 0. The lowest BCUT2D eigenvalue weighted by Gasteiger charge is -2.45. The second kappa shape index (κ2) is 28.3. The summed E-state index contributed by atoms with van der Waals surface area (Å²) < 4.78 is 0. The van der Waals surface area contributed by atoms with Gasteiger partial charge in [0.05, 0.1) is 5.69 Å². The van der Waals surface area contributed by atoms with Gasteiger partial charge in [-0.2, -0.15) is 0 Å². The van der Waals surface area contributed by atoms with E-state index in [0.717, 1.165) is 62.3 Å². The molecule has 0 bridgehead atoms. The summed E-state index contributed by atoms with van der Waals surface area (Å²) in [5, 5.41) is 10.5. The normalized spacial score (nSPS) is 12.2. The van der Waals surface area contributed by atoms with Crippen LogP contribution in [-0.2, 0) is 0 Å². The molecule has 17 aromatic carbocycles. The average molecular weight is 1410 g/mol. The minimum absolute atomic E-state index is 0.291. The van der Waals surface area contributed by atoms with Crippen molar-refractivity contribution in [3.63, 3.8) is 0 Å². The van der Waals surface area contributed by atoms with Crippen molar-refractivity contribution in [1.29, 1.82) is 0 Å². The van der Waals surface area contributed by atoms with E-state index in [1.165, 1.54) is 91.3 Å². The van der Waals surface area contributed by atoms with Crippen LogP contribution in [0.25, 0.3) is 44.5 Å². The summed E-state index contributed by atoms with van der Waals surface area (Å²) in [5.41, 5.74) is 22.7. The first-order chi connectivity index (χ1) is 53.6. The van der Waals surface area contributed by atoms with Crippen molar-refractivity contribution >= 4 is 132 Å². The van der Waals surface area contributed by atoms with Crippen molar-refractivity contribution in [2.24, 2.45) is 0 Å². The van der Waals surface area contributed by atoms with E-state index in [9.17, 15) is 0 Å². The number of anilines is 9. The average Bonchev–Trinajstić information content (AvgIpc) is 0.691. The van der Waals surface area contributed by atoms with Crippen LogP contribution in [0.1, 0.15) is 0 Å². The fourth-order valence-electron chi connectivity index (χ4n) is 17.7. The summed E-state index contributed by atoms with van der Waals surface area (Å²) in [6.07, 6.45) is 0. The molecule has 0 fully saturated rings. The van der Waals surface area contributed by atoms with Crippen LogP contribution in [0.15, 0.2) is 449 Å². The second-order valence-corrected chi connectivity index (χ2v) is 35.8. The third-order valence-corrected chi connectivity index (χ3v) is 31.8. The van der Waals surface area contributed by atoms with Crippen molar-refractivity contribution in [1.82, 2.24) is 0 Å². The quantitative estimate of drug-likeness (QED) is 0.0664. The van der Waals surface area contributed by atoms with Crippen LogP contribution in [0.4, 0.5) is 51.2 Å². The minimum atomic E-state index is -3.11. The molecule has 2 aliphatic rings. The monoisotopic (exact) mass is 1410 g/mol. The molecule has 508 valence electrons. The minimum Gasteiger partial charge on any atom is -0.311 e. The lowest BCUT2D eigenvalue weighted by atomic mass is 9.33. The number of hydrogen-bond acceptors (Lipinski definition) is 3. The van der Waals surface area contributed by atoms with E-state index < -0.39 is 16.1 Å². The Morgan fingerprint density at radius 3 is 0.778 bits per heavy atom. The molecular weight excluding hydrogens is 1330 g/mol. The summed E-state index contributed by atoms with van der Waals surface area (Å²) in [5.74, 6) is 0. The molecule has 0 saturated heterocycles. The van der Waals surface area contributed by atoms with Crippen molar-refractivity contribution in [2.75, 3.05) is 14.7 Å². The Bertz CT molecular complexity index is 5500. The predicted octanol–water partition coefficient (Wildman–Crippen LogP) is 18.7. The molecule has 0 aliphatic carbocycles. The van der Waals surface area contributed by atoms with E-state index in [1.54, 1.807) is 0 Å². The van der Waals surface area contributed by atoms with Gasteiger partial charge in [0, 0.05) is 45.5 Å². The van der Waals surface area contributed by atoms with Gasteiger partial charge in [-0.15, -0.1) is 0 Å². The highest BCUT2D eigenvalue weighted by atomic mass is 28.3. The maximum Gasteiger partial charge on any atom is 0.252 e. The lowest BCUT2D eigenvalue weighted by Crippen LogP contribution is -2.74. The molecule has 0 spiro atoms. The molecule has 0 aromatic heterocycles. The predicted molar refractivity (Wildman–Crippen MR) is 464 cm³/mol. The first kappa shape index (κ1) is 65.4. The Kier molecular flexibility index (Phi) is 17.1. The summed E-state index contributed by atoms with van der Waals surface area (Å²) in [6, 6.07) is 169. The maximum atomic E-state index is 2.64. The first-order valence-electron chi connectivity index (χ1n) is 37.4. The van der Waals surface area contributed by atoms with Crippen LogP contribution in [0.2, 0.25) is 0 Å². The highest BCUT2D eigenvalue weighted by Crippen LogP contribution is 2.50. The topological polar surface area (TPSA) is 9.72 Å². The Morgan fingerprint density at radius 1 is 0.194 bits per heavy atom. The van der Waals surface area contributed by atoms with Crippen molar-refractivity contribution in [3.05, 3.63) is 449 Å². The number of benzene rings is 17. The van der Waals surface area contributed by atoms with Gasteiger partial charge in [-0.05, 0) is 175 Å². The van der Waals surface area contributed by atoms with E-state index in [0.29, 0.717) is 0 Å². The first-order valence-corrected chi connectivity index (χ1v) is 41.4. The third kappa shape index (κ3) is 11.3. The summed E-state index contributed by atoms with van der Waals surface area (Å²) in [4.78, 5) is 7.75. The number of hydrogen-bond donors (Lipinski definition) is 0. The zero-order chi connectivity index (χ0) is 71.8. The molecule has 0 amide bonds. The molecule has 108 heavy (non-hydrogen) atoms. The van der Waals surface area contributed by atoms with Crippen molar-refractivity contribution < 1.29 is 0 Å². The Morgan fingerprint density at radius 2 is 0.463 bits per heavy atom. The van der Waals surface area contributed by atoms with Gasteiger partial charge in [0.1, 0.15) is 0 Å². The zero-order valence-corrected chi connectivity index (χ0v) is 61.6. The molecule has 6 heteroatoms. The molecule has 0 atom stereocenters. The summed E-state index contributed by atoms with van der Waals surface area (Å²) >= 11 is 0. The van der Waals surface area contributed by atoms with E-state index in [2.05, 4.69) is 464 Å². The SMILES string of the molecule is c1ccc(-c2ccccc2-c2ccc3c(c2)B2c4cc(-c5ccccc5-c5ccccc5)ccc4N(c4cccc([Si](c5ccccc5)(c5ccccc5)c5ccccc5)c4)c4cc(N(c5ccccc5)c5ccccc5)cc(c42)N3c2cccc([Si](c3ccccc3)(c3ccccc3)c3ccccc3)c2)cc1. The van der Waals surface area contributed by atoms with Gasteiger partial charge >= 0.3 is 0 Å². The third-order valence-electron chi connectivity index (χ3n) is 22.3. The van der Waals surface area contributed by atoms with E-state index in [1.807, 2.05) is 0 Å². The van der Waals surface area contributed by atoms with Gasteiger partial charge in [-0.25, -0.2) is 0 Å². The maximum absolute atomic E-state index is 3.11. The van der Waals surface area contributed by atoms with Gasteiger partial charge in [0.25, 0.3) is 6.71 Å². The van der Waals surface area contributed by atoms with Crippen LogP contribution in [0.3, 0.4) is 0 Å². The lowest BCUT2D eigenvalue weighted by molar-refractivity contribution is 1.23. The zero-order valence-electron chi connectivity index (χ0n) is 59.6. The van der Waals surface area contributed by atoms with Gasteiger partial charge in [0.15, 0.2) is 16.1 Å². The molecule has 0 radical (unpaired) electrons. The van der Waals surface area contributed by atoms with Crippen molar-refractivity contribution in [3.8, 4) is 44.5 Å². The highest BCUT2D eigenvalue weighted by molar-refractivity contribution is 7.20. The molecule has 3 nitrogen and oxygen atoms in total. The Labute approximate surface area is 635 Å². The standard InChI is InChI=1S/C102H74BN3Si2/c1-11-37-75(38-12-1)92-61-31-33-63-94(92)77-65-67-98-96(69-77)103-97-70-78(95-64-34-32-62-93(95)76-39-13-2-14-40-76)66-68-99(97)106(82-46-36-60-91(72-82)108(87-53-25-8-26-54-87,88-55-27-9-28-56-88)89-57-29-10-30-58-89)101-74-83(104(79-41-15-3-16-42-79)80-43-17-4-18-44-80)73-100(102(101)103)105(98)81-45-35-59-90(71-81)107(84-47-19-5-20-48-84,85-49-21-6-22-50-85)86-51-23-7-24-52-86/h1-74H. The second-order valence-electron chi connectivity index (χ2n) is 28.2. The Balaban J connectivity index is 0.954. The molecule has 2 aliphatic heterocycles. The molecule has 17 aromatic rings. The molecule has 0 N–H and O–H groups in total. The summed E-state index contributed by atoms with van der Waals surface area (Å²) in [7, 11) is -6.22. The van der Waals surface area contributed by atoms with E-state index in [4.69, 9.17) is 0 Å². The molecule has 0 saturated carbocycles. The number of rotatable bonds is 17. The number of para-hydroxylation sites is 2. The van der Waals surface area contributed by atoms with Gasteiger partial charge in [-0.1, -0.05) is 376 Å². The van der Waals surface area contributed by atoms with Crippen LogP contribution in [-0.4, -0.2) is 22.9 Å². The van der Waals surface area contributed by atoms with Crippen LogP contribution < -0.4 is 72.6 Å². The fourth-order valence-corrected chi connectivity index (χ4v) is 27.3. The molecule has 19 rings (SSSR count). The summed E-state index contributed by atoms with van der Waals surface area (Å²) in [6.45, 7) is -0.291. The van der Waals surface area contributed by atoms with Gasteiger partial charge in [-0.3, -0.25) is 0 Å². The van der Waals surface area contributed by atoms with Crippen LogP contribution in [0, 0.1) is 0 Å². The van der Waals surface area contributed by atoms with Crippen molar-refractivity contribution in [2.45, 2.75) is 0 Å². The molecular formula is C102H74BN3Si2. The van der Waals surface area contributed by atoms with E-state index >= 15 is 0 Å².